The van der Waals surface area contributed by atoms with Crippen LogP contribution in [0.1, 0.15) is 0 Å². The first kappa shape index (κ1) is 11.1. The molecule has 0 aliphatic rings. The van der Waals surface area contributed by atoms with E-state index in [9.17, 15) is 0 Å². The minimum Gasteiger partial charge on any atom is -0.381 e. The van der Waals surface area contributed by atoms with Crippen LogP contribution in [0.5, 0.6) is 0 Å². The summed E-state index contributed by atoms with van der Waals surface area (Å²) in [4.78, 5) is 0. The zero-order valence-electron chi connectivity index (χ0n) is 6.73. The van der Waals surface area contributed by atoms with E-state index < -0.39 is 0 Å². The van der Waals surface area contributed by atoms with Gasteiger partial charge >= 0.3 is 0 Å². The number of nitrogens with one attached hydrogen (secondary N) is 1. The Kier molecular flexibility index (Phi) is 4.91. The molecule has 0 bridgehead atoms. The molecule has 1 aromatic carbocycles. The van der Waals surface area contributed by atoms with Crippen molar-refractivity contribution in [2.45, 2.75) is 0 Å². The first-order valence-corrected chi connectivity index (χ1v) is 5.57. The van der Waals surface area contributed by atoms with Crippen LogP contribution in [-0.4, -0.2) is 6.54 Å². The van der Waals surface area contributed by atoms with Crippen LogP contribution in [0.3, 0.4) is 0 Å². The lowest BCUT2D eigenvalue weighted by atomic mass is 10.3. The summed E-state index contributed by atoms with van der Waals surface area (Å²) in [6, 6.07) is 5.72. The van der Waals surface area contributed by atoms with Gasteiger partial charge in [0.1, 0.15) is 0 Å². The Balaban J connectivity index is 2.66. The zero-order chi connectivity index (χ0) is 9.68. The molecule has 0 unspecified atom stereocenters. The van der Waals surface area contributed by atoms with Gasteiger partial charge in [0.25, 0.3) is 0 Å². The third-order valence-electron chi connectivity index (χ3n) is 1.43. The molecule has 0 atom stereocenters. The number of benzene rings is 1. The normalized spacial score (nSPS) is 10.7. The molecule has 0 amide bonds. The summed E-state index contributed by atoms with van der Waals surface area (Å²) in [6.45, 7) is 0.723. The molecule has 0 radical (unpaired) electrons. The van der Waals surface area contributed by atoms with E-state index in [1.807, 2.05) is 24.3 Å². The van der Waals surface area contributed by atoms with Crippen LogP contribution < -0.4 is 5.32 Å². The first-order chi connectivity index (χ1) is 6.24. The highest BCUT2D eigenvalue weighted by Gasteiger charge is 1.97. The molecule has 1 N–H and O–H groups in total. The van der Waals surface area contributed by atoms with Gasteiger partial charge in [0.2, 0.25) is 0 Å². The predicted molar refractivity (Wildman–Crippen MR) is 67.7 cm³/mol. The van der Waals surface area contributed by atoms with Crippen molar-refractivity contribution in [3.63, 3.8) is 0 Å². The Bertz CT molecular complexity index is 312. The number of rotatable bonds is 3. The molecule has 13 heavy (non-hydrogen) atoms. The first-order valence-electron chi connectivity index (χ1n) is 3.68. The fourth-order valence-electron chi connectivity index (χ4n) is 0.846. The summed E-state index contributed by atoms with van der Waals surface area (Å²) in [5.74, 6) is 0. The molecule has 0 fully saturated rings. The molecule has 0 heterocycles. The van der Waals surface area contributed by atoms with Gasteiger partial charge in [-0.15, -0.1) is 0 Å². The van der Waals surface area contributed by atoms with Crippen molar-refractivity contribution in [1.82, 2.24) is 0 Å². The van der Waals surface area contributed by atoms with Gasteiger partial charge in [0.05, 0.1) is 0 Å². The summed E-state index contributed by atoms with van der Waals surface area (Å²) < 4.78 is 1.10. The summed E-state index contributed by atoms with van der Waals surface area (Å²) in [5.41, 5.74) is 2.57. The van der Waals surface area contributed by atoms with Crippen LogP contribution in [0, 0.1) is 3.57 Å². The smallest absolute Gasteiger partial charge is 0.0479 e. The van der Waals surface area contributed by atoms with Crippen LogP contribution in [0.15, 0.2) is 29.8 Å². The topological polar surface area (TPSA) is 12.0 Å². The summed E-state index contributed by atoms with van der Waals surface area (Å²) in [6.07, 6.45) is 1.84. The lowest BCUT2D eigenvalue weighted by Gasteiger charge is -2.05. The lowest BCUT2D eigenvalue weighted by molar-refractivity contribution is 1.33. The zero-order valence-corrected chi connectivity index (χ0v) is 10.4. The third-order valence-corrected chi connectivity index (χ3v) is 2.74. The highest BCUT2D eigenvalue weighted by Crippen LogP contribution is 2.21. The van der Waals surface area contributed by atoms with Gasteiger partial charge in [-0.2, -0.15) is 0 Å². The van der Waals surface area contributed by atoms with E-state index >= 15 is 0 Å². The van der Waals surface area contributed by atoms with Gasteiger partial charge in [-0.1, -0.05) is 29.3 Å². The van der Waals surface area contributed by atoms with Crippen LogP contribution in [0.25, 0.3) is 0 Å². The largest absolute Gasteiger partial charge is 0.381 e. The van der Waals surface area contributed by atoms with Crippen LogP contribution >= 0.6 is 45.8 Å². The fourth-order valence-corrected chi connectivity index (χ4v) is 2.00. The maximum Gasteiger partial charge on any atom is 0.0479 e. The molecule has 0 aromatic heterocycles. The molecule has 0 saturated carbocycles. The van der Waals surface area contributed by atoms with E-state index in [-0.39, 0.29) is 0 Å². The number of hydrogen-bond donors (Lipinski definition) is 1. The predicted octanol–water partition coefficient (Wildman–Crippen LogP) is 4.11. The van der Waals surface area contributed by atoms with E-state index in [2.05, 4.69) is 27.9 Å². The van der Waals surface area contributed by atoms with Crippen LogP contribution in [0.2, 0.25) is 5.02 Å². The van der Waals surface area contributed by atoms with Crippen molar-refractivity contribution >= 4 is 51.5 Å². The molecule has 4 heteroatoms. The van der Waals surface area contributed by atoms with E-state index in [4.69, 9.17) is 23.2 Å². The Labute approximate surface area is 101 Å². The molecular weight excluding hydrogens is 320 g/mol. The second-order valence-electron chi connectivity index (χ2n) is 2.37. The molecule has 0 spiro atoms. The van der Waals surface area contributed by atoms with Gasteiger partial charge in [-0.05, 0) is 40.8 Å². The van der Waals surface area contributed by atoms with E-state index in [1.165, 1.54) is 5.54 Å². The molecule has 0 saturated heterocycles. The van der Waals surface area contributed by atoms with E-state index in [0.29, 0.717) is 0 Å². The van der Waals surface area contributed by atoms with E-state index in [0.717, 1.165) is 20.8 Å². The van der Waals surface area contributed by atoms with Crippen molar-refractivity contribution < 1.29 is 0 Å². The van der Waals surface area contributed by atoms with Crippen LogP contribution in [-0.2, 0) is 0 Å². The SMILES string of the molecule is Cl/C=C/CNc1ccc(Cl)cc1I. The molecule has 1 rings (SSSR count). The summed E-state index contributed by atoms with van der Waals surface area (Å²) >= 11 is 13.4. The van der Waals surface area contributed by atoms with Gasteiger partial charge in [0, 0.05) is 26.4 Å². The highest BCUT2D eigenvalue weighted by molar-refractivity contribution is 14.1. The summed E-state index contributed by atoms with van der Waals surface area (Å²) in [5, 5.41) is 3.96. The fraction of sp³-hybridized carbons (Fsp3) is 0.111. The molecule has 0 aliphatic carbocycles. The second kappa shape index (κ2) is 5.73. The Hall–Kier alpha value is 0.0700. The lowest BCUT2D eigenvalue weighted by Crippen LogP contribution is -1.99. The Morgan fingerprint density at radius 3 is 2.85 bits per heavy atom. The van der Waals surface area contributed by atoms with Crippen LogP contribution in [0.4, 0.5) is 5.69 Å². The minimum atomic E-state index is 0.723. The highest BCUT2D eigenvalue weighted by atomic mass is 127. The third kappa shape index (κ3) is 3.75. The quantitative estimate of drug-likeness (QED) is 0.824. The monoisotopic (exact) mass is 327 g/mol. The second-order valence-corrected chi connectivity index (χ2v) is 4.22. The molecule has 70 valence electrons. The minimum absolute atomic E-state index is 0.723. The number of halogens is 3. The number of hydrogen-bond acceptors (Lipinski definition) is 1. The van der Waals surface area contributed by atoms with Crippen molar-refractivity contribution in [2.24, 2.45) is 0 Å². The van der Waals surface area contributed by atoms with Gasteiger partial charge < -0.3 is 5.32 Å². The average molecular weight is 328 g/mol. The Morgan fingerprint density at radius 1 is 1.46 bits per heavy atom. The number of anilines is 1. The maximum atomic E-state index is 5.81. The van der Waals surface area contributed by atoms with Crippen molar-refractivity contribution in [3.05, 3.63) is 38.4 Å². The van der Waals surface area contributed by atoms with E-state index in [1.54, 1.807) is 0 Å². The van der Waals surface area contributed by atoms with Crippen molar-refractivity contribution in [1.29, 1.82) is 0 Å². The van der Waals surface area contributed by atoms with Gasteiger partial charge in [0.15, 0.2) is 0 Å². The molecule has 1 aromatic rings. The average Bonchev–Trinajstić information content (AvgIpc) is 2.09. The molecule has 0 aliphatic heterocycles. The summed E-state index contributed by atoms with van der Waals surface area (Å²) in [7, 11) is 0. The van der Waals surface area contributed by atoms with Gasteiger partial charge in [-0.3, -0.25) is 0 Å². The molecular formula is C9H8Cl2IN. The van der Waals surface area contributed by atoms with Gasteiger partial charge in [-0.25, -0.2) is 0 Å². The van der Waals surface area contributed by atoms with Crippen molar-refractivity contribution in [2.75, 3.05) is 11.9 Å². The maximum absolute atomic E-state index is 5.81. The molecule has 1 nitrogen and oxygen atoms in total. The Morgan fingerprint density at radius 2 is 2.23 bits per heavy atom. The standard InChI is InChI=1S/C9H8Cl2IN/c10-4-1-5-13-9-3-2-7(11)6-8(9)12/h1-4,6,13H,5H2/b4-1+. The van der Waals surface area contributed by atoms with Crippen molar-refractivity contribution in [3.8, 4) is 0 Å².